The van der Waals surface area contributed by atoms with Crippen LogP contribution in [0.25, 0.3) is 0 Å². The highest BCUT2D eigenvalue weighted by Crippen LogP contribution is 1.92. The van der Waals surface area contributed by atoms with Crippen LogP contribution in [0, 0.1) is 0 Å². The van der Waals surface area contributed by atoms with Crippen LogP contribution in [-0.2, 0) is 28.7 Å². The zero-order valence-electron chi connectivity index (χ0n) is 10.5. The molecule has 0 aromatic heterocycles. The Morgan fingerprint density at radius 1 is 1.26 bits per heavy atom. The molecule has 0 saturated heterocycles. The van der Waals surface area contributed by atoms with Gasteiger partial charge in [0.15, 0.2) is 0 Å². The number of carboxylic acid groups (broad SMARTS) is 1. The standard InChI is InChI=1S/C4H2O3.2C4H6O2/c5-3-1-2-4(6)7-3;1-3-6-4(2)5;1-3(2)4(5)6/h1-2H;3H,1H2,2H3;1H2,2H3,(H,5,6). The molecule has 1 aliphatic heterocycles. The third-order valence-corrected chi connectivity index (χ3v) is 1.17. The third-order valence-electron chi connectivity index (χ3n) is 1.17. The van der Waals surface area contributed by atoms with Crippen LogP contribution in [0.2, 0.25) is 0 Å². The van der Waals surface area contributed by atoms with E-state index in [9.17, 15) is 19.2 Å². The van der Waals surface area contributed by atoms with Gasteiger partial charge in [-0.05, 0) is 6.92 Å². The molecule has 0 unspecified atom stereocenters. The fourth-order valence-corrected chi connectivity index (χ4v) is 0.421. The lowest BCUT2D eigenvalue weighted by atomic mass is 10.4. The maximum atomic E-state index is 9.92. The first kappa shape index (κ1) is 18.7. The first-order valence-corrected chi connectivity index (χ1v) is 4.81. The first-order chi connectivity index (χ1) is 8.70. The zero-order chi connectivity index (χ0) is 15.4. The topological polar surface area (TPSA) is 107 Å². The Morgan fingerprint density at radius 2 is 1.63 bits per heavy atom. The molecule has 0 atom stereocenters. The number of carbonyl (C=O) groups is 4. The van der Waals surface area contributed by atoms with Crippen LogP contribution in [0.4, 0.5) is 0 Å². The van der Waals surface area contributed by atoms with Crippen molar-refractivity contribution in [2.45, 2.75) is 13.8 Å². The van der Waals surface area contributed by atoms with Crippen molar-refractivity contribution in [2.75, 3.05) is 0 Å². The molecule has 0 spiro atoms. The Hall–Kier alpha value is -2.70. The lowest BCUT2D eigenvalue weighted by molar-refractivity contribution is -0.150. The molecule has 1 heterocycles. The molecule has 104 valence electrons. The average Bonchev–Trinajstić information content (AvgIpc) is 2.63. The molecule has 19 heavy (non-hydrogen) atoms. The summed E-state index contributed by atoms with van der Waals surface area (Å²) in [5.41, 5.74) is 0.176. The van der Waals surface area contributed by atoms with Crippen LogP contribution in [-0.4, -0.2) is 29.0 Å². The van der Waals surface area contributed by atoms with Gasteiger partial charge in [-0.1, -0.05) is 13.2 Å². The molecule has 7 heteroatoms. The Labute approximate surface area is 109 Å². The molecule has 7 nitrogen and oxygen atoms in total. The van der Waals surface area contributed by atoms with E-state index in [1.807, 2.05) is 0 Å². The van der Waals surface area contributed by atoms with E-state index in [1.165, 1.54) is 13.8 Å². The summed E-state index contributed by atoms with van der Waals surface area (Å²) in [6.07, 6.45) is 3.27. The second-order valence-corrected chi connectivity index (χ2v) is 2.94. The van der Waals surface area contributed by atoms with Crippen molar-refractivity contribution in [2.24, 2.45) is 0 Å². The SMILES string of the molecule is C=C(C)C(=O)O.C=COC(C)=O.O=C1C=CC(=O)O1. The van der Waals surface area contributed by atoms with Crippen molar-refractivity contribution >= 4 is 23.9 Å². The highest BCUT2D eigenvalue weighted by molar-refractivity contribution is 6.04. The van der Waals surface area contributed by atoms with E-state index in [0.29, 0.717) is 0 Å². The summed E-state index contributed by atoms with van der Waals surface area (Å²) in [6.45, 7) is 9.08. The molecule has 0 amide bonds. The number of carbonyl (C=O) groups excluding carboxylic acids is 3. The van der Waals surface area contributed by atoms with Gasteiger partial charge >= 0.3 is 23.9 Å². The van der Waals surface area contributed by atoms with Crippen molar-refractivity contribution in [3.63, 3.8) is 0 Å². The molecule has 0 fully saturated rings. The van der Waals surface area contributed by atoms with Gasteiger partial charge in [0.1, 0.15) is 0 Å². The number of rotatable bonds is 2. The first-order valence-electron chi connectivity index (χ1n) is 4.81. The summed E-state index contributed by atoms with van der Waals surface area (Å²) in [6, 6.07) is 0. The molecule has 0 aliphatic carbocycles. The molecule has 0 bridgehead atoms. The Kier molecular flexibility index (Phi) is 10.3. The number of ether oxygens (including phenoxy) is 2. The summed E-state index contributed by atoms with van der Waals surface area (Å²) >= 11 is 0. The maximum absolute atomic E-state index is 9.92. The van der Waals surface area contributed by atoms with Crippen LogP contribution in [0.3, 0.4) is 0 Å². The molecule has 0 radical (unpaired) electrons. The summed E-state index contributed by atoms with van der Waals surface area (Å²) < 4.78 is 8.14. The van der Waals surface area contributed by atoms with Gasteiger partial charge in [-0.15, -0.1) is 0 Å². The van der Waals surface area contributed by atoms with E-state index in [4.69, 9.17) is 5.11 Å². The summed E-state index contributed by atoms with van der Waals surface area (Å²) in [7, 11) is 0. The zero-order valence-corrected chi connectivity index (χ0v) is 10.5. The monoisotopic (exact) mass is 270 g/mol. The van der Waals surface area contributed by atoms with E-state index in [0.717, 1.165) is 18.4 Å². The third kappa shape index (κ3) is 15.3. The minimum Gasteiger partial charge on any atom is -0.478 e. The van der Waals surface area contributed by atoms with E-state index >= 15 is 0 Å². The van der Waals surface area contributed by atoms with Crippen molar-refractivity contribution in [1.29, 1.82) is 0 Å². The predicted molar refractivity (Wildman–Crippen MR) is 64.7 cm³/mol. The number of hydrogen-bond acceptors (Lipinski definition) is 6. The minimum atomic E-state index is -0.935. The lowest BCUT2D eigenvalue weighted by Crippen LogP contribution is -1.96. The van der Waals surface area contributed by atoms with Gasteiger partial charge in [-0.3, -0.25) is 4.79 Å². The number of hydrogen-bond donors (Lipinski definition) is 1. The Bertz CT molecular complexity index is 390. The molecule has 0 aromatic rings. The second-order valence-electron chi connectivity index (χ2n) is 2.94. The average molecular weight is 270 g/mol. The summed E-state index contributed by atoms with van der Waals surface area (Å²) in [5, 5.41) is 7.89. The van der Waals surface area contributed by atoms with Gasteiger partial charge < -0.3 is 14.6 Å². The van der Waals surface area contributed by atoms with Crippen LogP contribution in [0.1, 0.15) is 13.8 Å². The van der Waals surface area contributed by atoms with Gasteiger partial charge in [-0.25, -0.2) is 14.4 Å². The van der Waals surface area contributed by atoms with Gasteiger partial charge in [0, 0.05) is 24.6 Å². The molecule has 1 aliphatic rings. The quantitative estimate of drug-likeness (QED) is 0.344. The van der Waals surface area contributed by atoms with Crippen LogP contribution in [0.15, 0.2) is 37.1 Å². The number of carboxylic acids is 1. The van der Waals surface area contributed by atoms with Gasteiger partial charge in [-0.2, -0.15) is 0 Å². The van der Waals surface area contributed by atoms with E-state index in [1.54, 1.807) is 0 Å². The largest absolute Gasteiger partial charge is 0.478 e. The van der Waals surface area contributed by atoms with Crippen LogP contribution >= 0.6 is 0 Å². The molecule has 0 aromatic carbocycles. The number of aliphatic carboxylic acids is 1. The van der Waals surface area contributed by atoms with Gasteiger partial charge in [0.05, 0.1) is 6.26 Å². The molecule has 1 rings (SSSR count). The molecule has 0 saturated carbocycles. The van der Waals surface area contributed by atoms with E-state index in [2.05, 4.69) is 22.6 Å². The Balaban J connectivity index is 0. The fourth-order valence-electron chi connectivity index (χ4n) is 0.421. The van der Waals surface area contributed by atoms with E-state index < -0.39 is 17.9 Å². The minimum absolute atomic E-state index is 0.176. The highest BCUT2D eigenvalue weighted by Gasteiger charge is 2.10. The summed E-state index contributed by atoms with van der Waals surface area (Å²) in [4.78, 5) is 39.2. The second kappa shape index (κ2) is 10.5. The van der Waals surface area contributed by atoms with Crippen molar-refractivity contribution in [1.82, 2.24) is 0 Å². The van der Waals surface area contributed by atoms with Crippen LogP contribution in [0.5, 0.6) is 0 Å². The molecule has 1 N–H and O–H groups in total. The van der Waals surface area contributed by atoms with Crippen molar-refractivity contribution in [3.05, 3.63) is 37.1 Å². The molecular weight excluding hydrogens is 256 g/mol. The lowest BCUT2D eigenvalue weighted by Gasteiger charge is -1.83. The van der Waals surface area contributed by atoms with Crippen molar-refractivity contribution < 1.29 is 33.8 Å². The molecular formula is C12H14O7. The predicted octanol–water partition coefficient (Wildman–Crippen LogP) is 0.966. The fraction of sp³-hybridized carbons (Fsp3) is 0.167. The van der Waals surface area contributed by atoms with Crippen LogP contribution < -0.4 is 0 Å². The summed E-state index contributed by atoms with van der Waals surface area (Å²) in [5.74, 6) is -2.42. The van der Waals surface area contributed by atoms with Crippen molar-refractivity contribution in [3.8, 4) is 0 Å². The van der Waals surface area contributed by atoms with Gasteiger partial charge in [0.25, 0.3) is 0 Å². The van der Waals surface area contributed by atoms with Gasteiger partial charge in [0.2, 0.25) is 0 Å². The van der Waals surface area contributed by atoms with E-state index in [-0.39, 0.29) is 11.5 Å². The Morgan fingerprint density at radius 3 is 1.68 bits per heavy atom. The maximum Gasteiger partial charge on any atom is 0.338 e. The normalized spacial score (nSPS) is 11.1. The smallest absolute Gasteiger partial charge is 0.338 e. The number of cyclic esters (lactones) is 2. The number of esters is 3. The highest BCUT2D eigenvalue weighted by atomic mass is 16.6.